The van der Waals surface area contributed by atoms with Crippen molar-refractivity contribution in [3.05, 3.63) is 54.1 Å². The summed E-state index contributed by atoms with van der Waals surface area (Å²) in [6.07, 6.45) is 8.50. The van der Waals surface area contributed by atoms with Crippen LogP contribution >= 0.6 is 0 Å². The number of rotatable bonds is 2. The van der Waals surface area contributed by atoms with Crippen molar-refractivity contribution in [2.75, 3.05) is 0 Å². The fourth-order valence-corrected chi connectivity index (χ4v) is 1.08. The summed E-state index contributed by atoms with van der Waals surface area (Å²) < 4.78 is 0. The van der Waals surface area contributed by atoms with E-state index in [9.17, 15) is 0 Å². The summed E-state index contributed by atoms with van der Waals surface area (Å²) in [6.45, 7) is 6.58. The van der Waals surface area contributed by atoms with E-state index in [-0.39, 0.29) is 5.41 Å². The molecule has 0 radical (unpaired) electrons. The maximum absolute atomic E-state index is 2.20. The first-order valence-corrected chi connectivity index (χ1v) is 4.99. The number of allylic oxidation sites excluding steroid dienone is 3. The molecule has 0 unspecified atom stereocenters. The summed E-state index contributed by atoms with van der Waals surface area (Å²) in [7, 11) is 0. The van der Waals surface area contributed by atoms with Crippen LogP contribution in [0.4, 0.5) is 0 Å². The molecule has 0 heteroatoms. The highest BCUT2D eigenvalue weighted by atomic mass is 14.1. The molecule has 1 aromatic carbocycles. The molecular weight excluding hydrogens is 168 g/mol. The molecular formula is C14H18. The number of benzene rings is 1. The molecule has 0 bridgehead atoms. The maximum atomic E-state index is 2.20. The fourth-order valence-electron chi connectivity index (χ4n) is 1.08. The third-order valence-electron chi connectivity index (χ3n) is 1.80. The van der Waals surface area contributed by atoms with Gasteiger partial charge in [-0.1, -0.05) is 75.4 Å². The van der Waals surface area contributed by atoms with Crippen molar-refractivity contribution < 1.29 is 0 Å². The van der Waals surface area contributed by atoms with Crippen LogP contribution in [0.1, 0.15) is 26.3 Å². The molecule has 0 N–H and O–H groups in total. The molecule has 14 heavy (non-hydrogen) atoms. The lowest BCUT2D eigenvalue weighted by molar-refractivity contribution is 0.544. The lowest BCUT2D eigenvalue weighted by Crippen LogP contribution is -1.97. The van der Waals surface area contributed by atoms with Gasteiger partial charge in [0.2, 0.25) is 0 Å². The van der Waals surface area contributed by atoms with Gasteiger partial charge in [0.1, 0.15) is 0 Å². The minimum Gasteiger partial charge on any atom is -0.0791 e. The van der Waals surface area contributed by atoms with Crippen molar-refractivity contribution in [1.82, 2.24) is 0 Å². The van der Waals surface area contributed by atoms with Gasteiger partial charge in [0, 0.05) is 0 Å². The summed E-state index contributed by atoms with van der Waals surface area (Å²) in [5.74, 6) is 0. The Morgan fingerprint density at radius 3 is 2.14 bits per heavy atom. The van der Waals surface area contributed by atoms with Crippen LogP contribution in [0.3, 0.4) is 0 Å². The van der Waals surface area contributed by atoms with E-state index in [0.717, 1.165) is 0 Å². The predicted octanol–water partition coefficient (Wildman–Crippen LogP) is 4.30. The summed E-state index contributed by atoms with van der Waals surface area (Å²) >= 11 is 0. The number of hydrogen-bond donors (Lipinski definition) is 0. The first kappa shape index (κ1) is 10.8. The molecule has 0 saturated heterocycles. The molecule has 0 fully saturated rings. The van der Waals surface area contributed by atoms with E-state index < -0.39 is 0 Å². The number of hydrogen-bond acceptors (Lipinski definition) is 0. The van der Waals surface area contributed by atoms with Gasteiger partial charge in [-0.05, 0) is 11.0 Å². The van der Waals surface area contributed by atoms with Crippen LogP contribution < -0.4 is 0 Å². The molecule has 0 aliphatic rings. The van der Waals surface area contributed by atoms with Crippen LogP contribution in [0, 0.1) is 5.41 Å². The molecule has 0 heterocycles. The van der Waals surface area contributed by atoms with Crippen LogP contribution in [-0.2, 0) is 0 Å². The lowest BCUT2D eigenvalue weighted by atomic mass is 9.96. The Morgan fingerprint density at radius 2 is 1.57 bits per heavy atom. The Kier molecular flexibility index (Phi) is 3.70. The van der Waals surface area contributed by atoms with Crippen molar-refractivity contribution >= 4 is 6.08 Å². The SMILES string of the molecule is CC(C)(C)/C=C\C=C\c1ccccc1. The van der Waals surface area contributed by atoms with Gasteiger partial charge in [0.15, 0.2) is 0 Å². The van der Waals surface area contributed by atoms with Crippen molar-refractivity contribution in [1.29, 1.82) is 0 Å². The molecule has 0 amide bonds. The van der Waals surface area contributed by atoms with E-state index in [4.69, 9.17) is 0 Å². The second-order valence-corrected chi connectivity index (χ2v) is 4.49. The second-order valence-electron chi connectivity index (χ2n) is 4.49. The minimum absolute atomic E-state index is 0.265. The van der Waals surface area contributed by atoms with Gasteiger partial charge in [-0.3, -0.25) is 0 Å². The van der Waals surface area contributed by atoms with Gasteiger partial charge in [-0.25, -0.2) is 0 Å². The molecule has 0 atom stereocenters. The largest absolute Gasteiger partial charge is 0.0791 e. The maximum Gasteiger partial charge on any atom is -0.0200 e. The highest BCUT2D eigenvalue weighted by molar-refractivity contribution is 5.50. The molecule has 0 spiro atoms. The Hall–Kier alpha value is -1.30. The third kappa shape index (κ3) is 4.66. The lowest BCUT2D eigenvalue weighted by Gasteiger charge is -2.09. The Morgan fingerprint density at radius 1 is 0.929 bits per heavy atom. The zero-order valence-electron chi connectivity index (χ0n) is 9.20. The molecule has 74 valence electrons. The van der Waals surface area contributed by atoms with Gasteiger partial charge in [0.05, 0.1) is 0 Å². The highest BCUT2D eigenvalue weighted by Crippen LogP contribution is 2.14. The van der Waals surface area contributed by atoms with Crippen molar-refractivity contribution in [2.45, 2.75) is 20.8 Å². The zero-order valence-corrected chi connectivity index (χ0v) is 9.20. The first-order valence-electron chi connectivity index (χ1n) is 4.99. The zero-order chi connectivity index (χ0) is 10.4. The molecule has 0 saturated carbocycles. The normalized spacial score (nSPS) is 12.8. The molecule has 0 aliphatic heterocycles. The quantitative estimate of drug-likeness (QED) is 0.604. The molecule has 1 aromatic rings. The fraction of sp³-hybridized carbons (Fsp3) is 0.286. The Balaban J connectivity index is 2.54. The van der Waals surface area contributed by atoms with E-state index in [1.165, 1.54) is 5.56 Å². The topological polar surface area (TPSA) is 0 Å². The van der Waals surface area contributed by atoms with Crippen LogP contribution in [0.5, 0.6) is 0 Å². The van der Waals surface area contributed by atoms with Crippen molar-refractivity contribution in [2.24, 2.45) is 5.41 Å². The third-order valence-corrected chi connectivity index (χ3v) is 1.80. The van der Waals surface area contributed by atoms with Gasteiger partial charge in [-0.15, -0.1) is 0 Å². The van der Waals surface area contributed by atoms with Crippen LogP contribution in [0.25, 0.3) is 6.08 Å². The summed E-state index contributed by atoms with van der Waals surface area (Å²) in [5.41, 5.74) is 1.51. The van der Waals surface area contributed by atoms with Crippen molar-refractivity contribution in [3.8, 4) is 0 Å². The average molecular weight is 186 g/mol. The first-order chi connectivity index (χ1) is 6.58. The van der Waals surface area contributed by atoms with Gasteiger partial charge in [-0.2, -0.15) is 0 Å². The van der Waals surface area contributed by atoms with Crippen LogP contribution in [0.15, 0.2) is 48.6 Å². The molecule has 1 rings (SSSR count). The van der Waals surface area contributed by atoms with Gasteiger partial charge < -0.3 is 0 Å². The van der Waals surface area contributed by atoms with E-state index in [0.29, 0.717) is 0 Å². The smallest absolute Gasteiger partial charge is 0.0200 e. The second kappa shape index (κ2) is 4.80. The Bertz CT molecular complexity index is 310. The Labute approximate surface area is 87.0 Å². The summed E-state index contributed by atoms with van der Waals surface area (Å²) in [6, 6.07) is 10.3. The van der Waals surface area contributed by atoms with Crippen molar-refractivity contribution in [3.63, 3.8) is 0 Å². The van der Waals surface area contributed by atoms with E-state index in [2.05, 4.69) is 57.2 Å². The van der Waals surface area contributed by atoms with Gasteiger partial charge in [0.25, 0.3) is 0 Å². The standard InChI is InChI=1S/C14H18/c1-14(2,3)12-8-7-11-13-9-5-4-6-10-13/h4-12H,1-3H3/b11-7+,12-8-. The predicted molar refractivity (Wildman–Crippen MR) is 64.1 cm³/mol. The van der Waals surface area contributed by atoms with Gasteiger partial charge >= 0.3 is 0 Å². The minimum atomic E-state index is 0.265. The summed E-state index contributed by atoms with van der Waals surface area (Å²) in [5, 5.41) is 0. The molecule has 0 nitrogen and oxygen atoms in total. The summed E-state index contributed by atoms with van der Waals surface area (Å²) in [4.78, 5) is 0. The molecule has 0 aromatic heterocycles. The van der Waals surface area contributed by atoms with E-state index >= 15 is 0 Å². The van der Waals surface area contributed by atoms with E-state index in [1.54, 1.807) is 0 Å². The van der Waals surface area contributed by atoms with Crippen LogP contribution in [0.2, 0.25) is 0 Å². The highest BCUT2D eigenvalue weighted by Gasteiger charge is 2.01. The monoisotopic (exact) mass is 186 g/mol. The molecule has 0 aliphatic carbocycles. The van der Waals surface area contributed by atoms with Crippen LogP contribution in [-0.4, -0.2) is 0 Å². The average Bonchev–Trinajstić information content (AvgIpc) is 2.13. The van der Waals surface area contributed by atoms with E-state index in [1.807, 2.05) is 18.2 Å².